The van der Waals surface area contributed by atoms with E-state index >= 15 is 0 Å². The molecule has 0 fully saturated rings. The van der Waals surface area contributed by atoms with Gasteiger partial charge in [-0.15, -0.1) is 0 Å². The summed E-state index contributed by atoms with van der Waals surface area (Å²) in [5, 5.41) is 4.33. The van der Waals surface area contributed by atoms with Gasteiger partial charge >= 0.3 is 0 Å². The van der Waals surface area contributed by atoms with E-state index in [1.165, 1.54) is 5.57 Å². The summed E-state index contributed by atoms with van der Waals surface area (Å²) in [4.78, 5) is 4.62. The molecule has 1 atom stereocenters. The van der Waals surface area contributed by atoms with Crippen LogP contribution < -0.4 is 0 Å². The van der Waals surface area contributed by atoms with E-state index in [0.29, 0.717) is 0 Å². The lowest BCUT2D eigenvalue weighted by molar-refractivity contribution is 0.602. The summed E-state index contributed by atoms with van der Waals surface area (Å²) >= 11 is 0. The molecule has 0 aromatic carbocycles. The molecule has 0 saturated heterocycles. The zero-order chi connectivity index (χ0) is 16.7. The minimum atomic E-state index is 0.136. The number of nitrogens with zero attached hydrogens (tertiary/aromatic N) is 3. The van der Waals surface area contributed by atoms with Crippen molar-refractivity contribution in [1.29, 1.82) is 0 Å². The zero-order valence-corrected chi connectivity index (χ0v) is 14.3. The molecule has 2 rings (SSSR count). The summed E-state index contributed by atoms with van der Waals surface area (Å²) in [5.74, 6) is 6.64. The second kappa shape index (κ2) is 8.33. The highest BCUT2D eigenvalue weighted by Gasteiger charge is 2.06. The van der Waals surface area contributed by atoms with Crippen molar-refractivity contribution in [2.24, 2.45) is 10.9 Å². The van der Waals surface area contributed by atoms with E-state index < -0.39 is 0 Å². The van der Waals surface area contributed by atoms with E-state index in [2.05, 4.69) is 61.4 Å². The van der Waals surface area contributed by atoms with Crippen molar-refractivity contribution in [2.75, 3.05) is 0 Å². The fourth-order valence-electron chi connectivity index (χ4n) is 2.30. The van der Waals surface area contributed by atoms with Gasteiger partial charge in [-0.2, -0.15) is 5.10 Å². The molecule has 0 radical (unpaired) electrons. The Bertz CT molecular complexity index is 705. The van der Waals surface area contributed by atoms with Crippen LogP contribution in [0.3, 0.4) is 0 Å². The number of aryl methyl sites for hydroxylation is 1. The first-order valence-corrected chi connectivity index (χ1v) is 8.27. The molecule has 120 valence electrons. The Labute approximate surface area is 139 Å². The topological polar surface area (TPSA) is 30.2 Å². The molecule has 1 aliphatic carbocycles. The summed E-state index contributed by atoms with van der Waals surface area (Å²) < 4.78 is 1.94. The highest BCUT2D eigenvalue weighted by molar-refractivity contribution is 6.08. The van der Waals surface area contributed by atoms with Crippen molar-refractivity contribution in [3.63, 3.8) is 0 Å². The van der Waals surface area contributed by atoms with Gasteiger partial charge in [0.15, 0.2) is 0 Å². The van der Waals surface area contributed by atoms with Crippen LogP contribution >= 0.6 is 0 Å². The fourth-order valence-corrected chi connectivity index (χ4v) is 2.30. The van der Waals surface area contributed by atoms with E-state index in [1.54, 1.807) is 0 Å². The van der Waals surface area contributed by atoms with Crippen LogP contribution in [-0.2, 0) is 6.54 Å². The van der Waals surface area contributed by atoms with Crippen LogP contribution in [0, 0.1) is 17.8 Å². The first-order valence-electron chi connectivity index (χ1n) is 8.27. The van der Waals surface area contributed by atoms with Crippen molar-refractivity contribution >= 4 is 11.8 Å². The van der Waals surface area contributed by atoms with E-state index in [4.69, 9.17) is 0 Å². The highest BCUT2D eigenvalue weighted by Crippen LogP contribution is 2.18. The van der Waals surface area contributed by atoms with Crippen LogP contribution in [0.25, 0.3) is 5.57 Å². The molecule has 0 aliphatic heterocycles. The molecule has 3 heteroatoms. The second-order valence-corrected chi connectivity index (χ2v) is 5.77. The SMILES string of the molecule is C=C(C=N/C1=C/C=C(/CC)CC#CC1C)c1cnn(CCC)c1. The van der Waals surface area contributed by atoms with Crippen LogP contribution in [0.15, 0.2) is 47.4 Å². The number of hydrogen-bond acceptors (Lipinski definition) is 2. The van der Waals surface area contributed by atoms with E-state index in [1.807, 2.05) is 23.3 Å². The Balaban J connectivity index is 2.13. The Hall–Kier alpha value is -2.34. The summed E-state index contributed by atoms with van der Waals surface area (Å²) in [6.45, 7) is 11.4. The van der Waals surface area contributed by atoms with Gasteiger partial charge < -0.3 is 0 Å². The molecule has 0 amide bonds. The molecular weight excluding hydrogens is 282 g/mol. The summed E-state index contributed by atoms with van der Waals surface area (Å²) in [5.41, 5.74) is 4.20. The first-order chi connectivity index (χ1) is 11.1. The molecule has 1 heterocycles. The van der Waals surface area contributed by atoms with Crippen LogP contribution in [-0.4, -0.2) is 16.0 Å². The number of allylic oxidation sites excluding steroid dienone is 5. The smallest absolute Gasteiger partial charge is 0.0597 e. The minimum absolute atomic E-state index is 0.136. The predicted molar refractivity (Wildman–Crippen MR) is 98.1 cm³/mol. The van der Waals surface area contributed by atoms with Gasteiger partial charge in [0.05, 0.1) is 17.8 Å². The second-order valence-electron chi connectivity index (χ2n) is 5.77. The Kier molecular flexibility index (Phi) is 6.17. The summed E-state index contributed by atoms with van der Waals surface area (Å²) in [7, 11) is 0. The number of aromatic nitrogens is 2. The molecule has 1 aliphatic rings. The quantitative estimate of drug-likeness (QED) is 0.556. The average molecular weight is 307 g/mol. The molecule has 1 unspecified atom stereocenters. The third-order valence-electron chi connectivity index (χ3n) is 3.85. The Morgan fingerprint density at radius 3 is 3.04 bits per heavy atom. The molecule has 0 N–H and O–H groups in total. The molecule has 1 aromatic heterocycles. The summed E-state index contributed by atoms with van der Waals surface area (Å²) in [6, 6.07) is 0. The first kappa shape index (κ1) is 17.0. The summed E-state index contributed by atoms with van der Waals surface area (Å²) in [6.07, 6.45) is 12.9. The third kappa shape index (κ3) is 4.82. The highest BCUT2D eigenvalue weighted by atomic mass is 15.3. The van der Waals surface area contributed by atoms with Crippen molar-refractivity contribution < 1.29 is 0 Å². The van der Waals surface area contributed by atoms with Crippen LogP contribution in [0.5, 0.6) is 0 Å². The van der Waals surface area contributed by atoms with Gasteiger partial charge in [0.2, 0.25) is 0 Å². The van der Waals surface area contributed by atoms with Crippen LogP contribution in [0.2, 0.25) is 0 Å². The van der Waals surface area contributed by atoms with Gasteiger partial charge in [0.25, 0.3) is 0 Å². The van der Waals surface area contributed by atoms with Crippen molar-refractivity contribution in [3.8, 4) is 11.8 Å². The van der Waals surface area contributed by atoms with Gasteiger partial charge in [-0.05, 0) is 31.4 Å². The molecule has 0 bridgehead atoms. The largest absolute Gasteiger partial charge is 0.272 e. The Morgan fingerprint density at radius 1 is 1.48 bits per heavy atom. The maximum Gasteiger partial charge on any atom is 0.0597 e. The standard InChI is InChI=1S/C20H25N3/c1-5-12-23-15-19(14-22-23)17(4)13-21-20-11-10-18(6-2)9-7-8-16(20)3/h10-11,13-16H,4-6,9,12H2,1-3H3/b18-10-,20-11+,21-13?. The maximum absolute atomic E-state index is 4.62. The molecule has 0 saturated carbocycles. The van der Waals surface area contributed by atoms with Gasteiger partial charge in [-0.3, -0.25) is 9.67 Å². The van der Waals surface area contributed by atoms with Gasteiger partial charge in [0.1, 0.15) is 0 Å². The average Bonchev–Trinajstić information content (AvgIpc) is 2.99. The molecular formula is C20H25N3. The van der Waals surface area contributed by atoms with E-state index in [-0.39, 0.29) is 5.92 Å². The zero-order valence-electron chi connectivity index (χ0n) is 14.3. The monoisotopic (exact) mass is 307 g/mol. The van der Waals surface area contributed by atoms with Gasteiger partial charge in [-0.25, -0.2) is 0 Å². The lowest BCUT2D eigenvalue weighted by atomic mass is 10.0. The van der Waals surface area contributed by atoms with E-state index in [0.717, 1.165) is 42.6 Å². The van der Waals surface area contributed by atoms with E-state index in [9.17, 15) is 0 Å². The lowest BCUT2D eigenvalue weighted by Gasteiger charge is -2.08. The number of rotatable bonds is 6. The van der Waals surface area contributed by atoms with Crippen LogP contribution in [0.1, 0.15) is 45.6 Å². The van der Waals surface area contributed by atoms with Crippen LogP contribution in [0.4, 0.5) is 0 Å². The molecule has 23 heavy (non-hydrogen) atoms. The van der Waals surface area contributed by atoms with Gasteiger partial charge in [0, 0.05) is 30.9 Å². The van der Waals surface area contributed by atoms with Crippen molar-refractivity contribution in [3.05, 3.63) is 48.0 Å². The molecule has 0 spiro atoms. The fraction of sp³-hybridized carbons (Fsp3) is 0.400. The lowest BCUT2D eigenvalue weighted by Crippen LogP contribution is -1.97. The normalized spacial score (nSPS) is 22.3. The predicted octanol–water partition coefficient (Wildman–Crippen LogP) is 4.64. The molecule has 1 aromatic rings. The molecule has 3 nitrogen and oxygen atoms in total. The number of aliphatic imine (C=N–C) groups is 1. The van der Waals surface area contributed by atoms with Gasteiger partial charge in [-0.1, -0.05) is 43.9 Å². The Morgan fingerprint density at radius 2 is 2.30 bits per heavy atom. The third-order valence-corrected chi connectivity index (χ3v) is 3.85. The maximum atomic E-state index is 4.62. The minimum Gasteiger partial charge on any atom is -0.272 e. The van der Waals surface area contributed by atoms with Crippen molar-refractivity contribution in [1.82, 2.24) is 9.78 Å². The number of hydrogen-bond donors (Lipinski definition) is 0. The van der Waals surface area contributed by atoms with Crippen molar-refractivity contribution in [2.45, 2.75) is 46.6 Å².